The predicted octanol–water partition coefficient (Wildman–Crippen LogP) is 3.74. The van der Waals surface area contributed by atoms with E-state index in [2.05, 4.69) is 90.4 Å². The van der Waals surface area contributed by atoms with E-state index in [9.17, 15) is 0 Å². The standard InChI is InChI=1S/C15H16N2.C10H12N.ClH.Cr/c1-11-6-4-7-12(2)15(11)17-13(3)14-8-5-9-16-10-14;1-4-11-10-8(2)6-5-7-9(10)3;;/h4-10H,1-3H3;5-7H,1-3H3;1H;/q;;;+1/p-1. The van der Waals surface area contributed by atoms with Gasteiger partial charge in [-0.3, -0.25) is 9.98 Å². The number of aliphatic imine (C=N–C) groups is 2. The Hall–Kier alpha value is -2.25. The minimum atomic E-state index is 0. The number of hydrogen-bond acceptors (Lipinski definition) is 3. The Labute approximate surface area is 195 Å². The molecule has 0 aliphatic rings. The SMILES string of the molecule is CC(=Nc1c(C)cccc1C)c1cccnc1.C[C]([Cr+])=Nc1c(C)cccc1C.[Cl-]. The average Bonchev–Trinajstić information content (AvgIpc) is 2.69. The molecule has 1 heterocycles. The maximum atomic E-state index is 4.70. The summed E-state index contributed by atoms with van der Waals surface area (Å²) in [6.07, 6.45) is 3.61. The summed E-state index contributed by atoms with van der Waals surface area (Å²) in [5, 5.41) is 0. The van der Waals surface area contributed by atoms with Crippen molar-refractivity contribution in [2.45, 2.75) is 41.5 Å². The zero-order valence-electron chi connectivity index (χ0n) is 18.4. The van der Waals surface area contributed by atoms with Crippen molar-refractivity contribution in [3.05, 3.63) is 88.7 Å². The van der Waals surface area contributed by atoms with E-state index in [1.54, 1.807) is 6.20 Å². The number of aryl methyl sites for hydroxylation is 4. The van der Waals surface area contributed by atoms with Gasteiger partial charge in [-0.2, -0.15) is 0 Å². The topological polar surface area (TPSA) is 37.6 Å². The summed E-state index contributed by atoms with van der Waals surface area (Å²) in [6.45, 7) is 12.3. The molecule has 3 rings (SSSR count). The molecule has 156 valence electrons. The monoisotopic (exact) mass is 457 g/mol. The molecule has 0 bridgehead atoms. The Morgan fingerprint density at radius 3 is 1.60 bits per heavy atom. The minimum absolute atomic E-state index is 0. The molecule has 30 heavy (non-hydrogen) atoms. The van der Waals surface area contributed by atoms with Gasteiger partial charge >= 0.3 is 81.6 Å². The smallest absolute Gasteiger partial charge is 1.00 e. The Bertz CT molecular complexity index is 983. The molecule has 3 nitrogen and oxygen atoms in total. The van der Waals surface area contributed by atoms with Crippen LogP contribution in [0.1, 0.15) is 41.7 Å². The van der Waals surface area contributed by atoms with Gasteiger partial charge in [-0.25, -0.2) is 0 Å². The van der Waals surface area contributed by atoms with E-state index in [0.29, 0.717) is 0 Å². The minimum Gasteiger partial charge on any atom is -1.00 e. The first-order chi connectivity index (χ1) is 13.8. The van der Waals surface area contributed by atoms with E-state index in [4.69, 9.17) is 4.99 Å². The van der Waals surface area contributed by atoms with Crippen molar-refractivity contribution in [3.63, 3.8) is 0 Å². The number of nitrogens with zero attached hydrogens (tertiary/aromatic N) is 3. The van der Waals surface area contributed by atoms with Crippen LogP contribution in [0.15, 0.2) is 70.9 Å². The van der Waals surface area contributed by atoms with Crippen LogP contribution in [-0.2, 0) is 16.3 Å². The van der Waals surface area contributed by atoms with Gasteiger partial charge in [0.2, 0.25) is 0 Å². The molecule has 0 aliphatic carbocycles. The van der Waals surface area contributed by atoms with Crippen LogP contribution in [0.3, 0.4) is 0 Å². The summed E-state index contributed by atoms with van der Waals surface area (Å²) in [5.74, 6) is 0. The number of hydrogen-bond donors (Lipinski definition) is 0. The largest absolute Gasteiger partial charge is 1.00 e. The van der Waals surface area contributed by atoms with Gasteiger partial charge in [-0.15, -0.1) is 0 Å². The van der Waals surface area contributed by atoms with Gasteiger partial charge < -0.3 is 12.4 Å². The first kappa shape index (κ1) is 25.8. The fourth-order valence-electron chi connectivity index (χ4n) is 2.93. The second-order valence-electron chi connectivity index (χ2n) is 7.05. The molecule has 0 saturated carbocycles. The molecule has 0 fully saturated rings. The summed E-state index contributed by atoms with van der Waals surface area (Å²) >= 11 is 2.89. The third kappa shape index (κ3) is 7.54. The van der Waals surface area contributed by atoms with Crippen LogP contribution in [0.25, 0.3) is 0 Å². The van der Waals surface area contributed by atoms with E-state index in [1.807, 2.05) is 32.2 Å². The van der Waals surface area contributed by atoms with Gasteiger partial charge in [0.05, 0.1) is 5.69 Å². The number of rotatable bonds is 3. The molecule has 0 radical (unpaired) electrons. The van der Waals surface area contributed by atoms with Crippen molar-refractivity contribution in [2.24, 2.45) is 9.98 Å². The molecule has 2 aromatic carbocycles. The normalized spacial score (nSPS) is 11.3. The molecule has 0 atom stereocenters. The van der Waals surface area contributed by atoms with E-state index in [-0.39, 0.29) is 12.4 Å². The molecular formula is C25H28ClCrN3. The van der Waals surface area contributed by atoms with Crippen molar-refractivity contribution in [1.29, 1.82) is 0 Å². The fraction of sp³-hybridized carbons (Fsp3) is 0.240. The molecular weight excluding hydrogens is 430 g/mol. The number of benzene rings is 2. The van der Waals surface area contributed by atoms with Crippen molar-refractivity contribution >= 4 is 21.7 Å². The Balaban J connectivity index is 0.000000308. The third-order valence-corrected chi connectivity index (χ3v) is 4.65. The van der Waals surface area contributed by atoms with Crippen molar-refractivity contribution < 1.29 is 28.7 Å². The molecule has 0 spiro atoms. The first-order valence-corrected chi connectivity index (χ1v) is 10.2. The predicted molar refractivity (Wildman–Crippen MR) is 121 cm³/mol. The molecule has 0 aliphatic heterocycles. The Kier molecular flexibility index (Phi) is 10.7. The molecule has 3 aromatic rings. The van der Waals surface area contributed by atoms with Crippen LogP contribution in [-0.4, -0.2) is 15.3 Å². The van der Waals surface area contributed by atoms with Crippen LogP contribution in [0, 0.1) is 27.7 Å². The van der Waals surface area contributed by atoms with Crippen LogP contribution in [0.4, 0.5) is 11.4 Å². The molecule has 0 saturated heterocycles. The summed E-state index contributed by atoms with van der Waals surface area (Å²) in [4.78, 5) is 13.2. The first-order valence-electron chi connectivity index (χ1n) is 9.60. The molecule has 0 N–H and O–H groups in total. The Morgan fingerprint density at radius 2 is 1.20 bits per heavy atom. The molecule has 0 unspecified atom stereocenters. The number of aromatic nitrogens is 1. The molecule has 5 heteroatoms. The summed E-state index contributed by atoms with van der Waals surface area (Å²) < 4.78 is 0.979. The molecule has 0 amide bonds. The second-order valence-corrected chi connectivity index (χ2v) is 7.97. The van der Waals surface area contributed by atoms with Gasteiger partial charge in [-0.05, 0) is 38.0 Å². The summed E-state index contributed by atoms with van der Waals surface area (Å²) in [5.41, 5.74) is 9.07. The van der Waals surface area contributed by atoms with Crippen LogP contribution in [0.5, 0.6) is 0 Å². The number of halogens is 1. The van der Waals surface area contributed by atoms with E-state index >= 15 is 0 Å². The van der Waals surface area contributed by atoms with Crippen LogP contribution >= 0.6 is 0 Å². The fourth-order valence-corrected chi connectivity index (χ4v) is 3.07. The summed E-state index contributed by atoms with van der Waals surface area (Å²) in [7, 11) is 0. The second kappa shape index (κ2) is 12.4. The van der Waals surface area contributed by atoms with Crippen molar-refractivity contribution in [2.75, 3.05) is 0 Å². The molecule has 1 aromatic heterocycles. The van der Waals surface area contributed by atoms with Crippen molar-refractivity contribution in [3.8, 4) is 0 Å². The van der Waals surface area contributed by atoms with Gasteiger partial charge in [0, 0.05) is 23.7 Å². The van der Waals surface area contributed by atoms with E-state index < -0.39 is 0 Å². The maximum Gasteiger partial charge on any atom is -1.00 e. The number of para-hydroxylation sites is 2. The van der Waals surface area contributed by atoms with E-state index in [0.717, 1.165) is 27.2 Å². The van der Waals surface area contributed by atoms with Crippen LogP contribution in [0.2, 0.25) is 0 Å². The zero-order chi connectivity index (χ0) is 21.4. The average molecular weight is 458 g/mol. The quantitative estimate of drug-likeness (QED) is 0.552. The van der Waals surface area contributed by atoms with Gasteiger partial charge in [0.1, 0.15) is 0 Å². The van der Waals surface area contributed by atoms with Gasteiger partial charge in [-0.1, -0.05) is 24.3 Å². The van der Waals surface area contributed by atoms with Crippen molar-refractivity contribution in [1.82, 2.24) is 4.98 Å². The van der Waals surface area contributed by atoms with Gasteiger partial charge in [0.25, 0.3) is 0 Å². The van der Waals surface area contributed by atoms with Crippen LogP contribution < -0.4 is 12.4 Å². The third-order valence-electron chi connectivity index (χ3n) is 4.51. The number of pyridine rings is 1. The van der Waals surface area contributed by atoms with Gasteiger partial charge in [0.15, 0.2) is 0 Å². The summed E-state index contributed by atoms with van der Waals surface area (Å²) in [6, 6.07) is 16.4. The Morgan fingerprint density at radius 1 is 0.733 bits per heavy atom. The maximum absolute atomic E-state index is 4.70. The van der Waals surface area contributed by atoms with E-state index in [1.165, 1.54) is 22.3 Å². The zero-order valence-corrected chi connectivity index (χ0v) is 20.4.